The highest BCUT2D eigenvalue weighted by Crippen LogP contribution is 2.21. The molecule has 0 aliphatic carbocycles. The number of ether oxygens (including phenoxy) is 1. The maximum atomic E-state index is 13.1. The number of halogens is 1. The third-order valence-corrected chi connectivity index (χ3v) is 3.94. The molecule has 0 bridgehead atoms. The number of anilines is 2. The number of nitrogens with zero attached hydrogens (tertiary/aromatic N) is 2. The topological polar surface area (TPSA) is 104 Å². The second kappa shape index (κ2) is 8.45. The highest BCUT2D eigenvalue weighted by atomic mass is 19.1. The Morgan fingerprint density at radius 1 is 1.33 bits per heavy atom. The van der Waals surface area contributed by atoms with Crippen LogP contribution in [0.15, 0.2) is 36.5 Å². The minimum absolute atomic E-state index is 0.248. The highest BCUT2D eigenvalue weighted by Gasteiger charge is 2.15. The van der Waals surface area contributed by atoms with Crippen molar-refractivity contribution < 1.29 is 13.9 Å². The summed E-state index contributed by atoms with van der Waals surface area (Å²) >= 11 is 0. The number of aromatic amines is 1. The molecule has 0 spiro atoms. The maximum Gasteiger partial charge on any atom is 0.320 e. The van der Waals surface area contributed by atoms with Crippen LogP contribution in [0.2, 0.25) is 0 Å². The van der Waals surface area contributed by atoms with Gasteiger partial charge in [-0.15, -0.1) is 0 Å². The fourth-order valence-electron chi connectivity index (χ4n) is 2.68. The molecular weight excluding hydrogens is 351 g/mol. The SMILES string of the molecule is CCNc1n[nH]c2cc(NC(=O)NC(COC)c3ccc(F)cc3)ncc12. The zero-order chi connectivity index (χ0) is 19.2. The molecule has 2 heterocycles. The molecule has 8 nitrogen and oxygen atoms in total. The number of aromatic nitrogens is 3. The number of hydrogen-bond acceptors (Lipinski definition) is 5. The molecule has 2 aromatic heterocycles. The molecule has 2 amide bonds. The molecule has 0 radical (unpaired) electrons. The van der Waals surface area contributed by atoms with Crippen LogP contribution in [0.3, 0.4) is 0 Å². The Bertz CT molecular complexity index is 912. The first-order valence-electron chi connectivity index (χ1n) is 8.50. The van der Waals surface area contributed by atoms with E-state index in [0.717, 1.165) is 23.0 Å². The second-order valence-electron chi connectivity index (χ2n) is 5.88. The number of fused-ring (bicyclic) bond motifs is 1. The van der Waals surface area contributed by atoms with Crippen molar-refractivity contribution in [2.45, 2.75) is 13.0 Å². The summed E-state index contributed by atoms with van der Waals surface area (Å²) in [6, 6.07) is 6.73. The molecule has 27 heavy (non-hydrogen) atoms. The lowest BCUT2D eigenvalue weighted by molar-refractivity contribution is 0.168. The minimum Gasteiger partial charge on any atom is -0.382 e. The van der Waals surface area contributed by atoms with Gasteiger partial charge >= 0.3 is 6.03 Å². The first-order chi connectivity index (χ1) is 13.1. The summed E-state index contributed by atoms with van der Waals surface area (Å²) in [5.41, 5.74) is 1.49. The van der Waals surface area contributed by atoms with Crippen molar-refractivity contribution in [3.05, 3.63) is 47.9 Å². The molecule has 0 aliphatic rings. The van der Waals surface area contributed by atoms with E-state index in [4.69, 9.17) is 4.74 Å². The van der Waals surface area contributed by atoms with Gasteiger partial charge in [0.1, 0.15) is 11.6 Å². The van der Waals surface area contributed by atoms with Crippen LogP contribution in [-0.2, 0) is 4.74 Å². The summed E-state index contributed by atoms with van der Waals surface area (Å²) in [7, 11) is 1.53. The predicted octanol–water partition coefficient (Wildman–Crippen LogP) is 3.04. The monoisotopic (exact) mass is 372 g/mol. The van der Waals surface area contributed by atoms with Crippen molar-refractivity contribution in [1.82, 2.24) is 20.5 Å². The van der Waals surface area contributed by atoms with Gasteiger partial charge in [-0.1, -0.05) is 12.1 Å². The van der Waals surface area contributed by atoms with Crippen molar-refractivity contribution in [3.8, 4) is 0 Å². The average molecular weight is 372 g/mol. The van der Waals surface area contributed by atoms with Crippen LogP contribution in [0.4, 0.5) is 20.8 Å². The first kappa shape index (κ1) is 18.6. The first-order valence-corrected chi connectivity index (χ1v) is 8.50. The van der Waals surface area contributed by atoms with E-state index in [0.29, 0.717) is 11.6 Å². The van der Waals surface area contributed by atoms with Gasteiger partial charge in [0.25, 0.3) is 0 Å². The van der Waals surface area contributed by atoms with E-state index in [2.05, 4.69) is 31.1 Å². The fraction of sp³-hybridized carbons (Fsp3) is 0.278. The summed E-state index contributed by atoms with van der Waals surface area (Å²) in [5.74, 6) is 0.753. The molecule has 1 atom stereocenters. The summed E-state index contributed by atoms with van der Waals surface area (Å²) in [4.78, 5) is 16.6. The van der Waals surface area contributed by atoms with E-state index in [-0.39, 0.29) is 12.4 Å². The van der Waals surface area contributed by atoms with E-state index in [1.165, 1.54) is 19.2 Å². The lowest BCUT2D eigenvalue weighted by atomic mass is 10.1. The van der Waals surface area contributed by atoms with Crippen molar-refractivity contribution >= 4 is 28.6 Å². The van der Waals surface area contributed by atoms with E-state index >= 15 is 0 Å². The normalized spacial score (nSPS) is 12.0. The van der Waals surface area contributed by atoms with Gasteiger partial charge < -0.3 is 15.4 Å². The number of carbonyl (C=O) groups excluding carboxylic acids is 1. The lowest BCUT2D eigenvalue weighted by Crippen LogP contribution is -2.35. The van der Waals surface area contributed by atoms with E-state index in [1.54, 1.807) is 24.4 Å². The highest BCUT2D eigenvalue weighted by molar-refractivity contribution is 5.94. The number of nitrogens with one attached hydrogen (secondary N) is 4. The number of methoxy groups -OCH3 is 1. The third kappa shape index (κ3) is 4.50. The zero-order valence-electron chi connectivity index (χ0n) is 15.0. The molecule has 3 aromatic rings. The summed E-state index contributed by atoms with van der Waals surface area (Å²) < 4.78 is 18.3. The standard InChI is InChI=1S/C18H21FN6O2/c1-3-20-17-13-9-21-16(8-14(13)24-25-17)23-18(26)22-15(10-27-2)11-4-6-12(19)7-5-11/h4-9,15H,3,10H2,1-2H3,(H2,20,24,25)(H2,21,22,23,26). The van der Waals surface area contributed by atoms with E-state index < -0.39 is 12.1 Å². The van der Waals surface area contributed by atoms with Crippen LogP contribution in [-0.4, -0.2) is 41.5 Å². The van der Waals surface area contributed by atoms with Crippen LogP contribution >= 0.6 is 0 Å². The molecule has 4 N–H and O–H groups in total. The molecule has 142 valence electrons. The molecular formula is C18H21FN6O2. The molecule has 0 saturated carbocycles. The van der Waals surface area contributed by atoms with Crippen LogP contribution in [0, 0.1) is 5.82 Å². The number of urea groups is 1. The van der Waals surface area contributed by atoms with Crippen LogP contribution in [0.5, 0.6) is 0 Å². The van der Waals surface area contributed by atoms with E-state index in [1.807, 2.05) is 6.92 Å². The van der Waals surface area contributed by atoms with Gasteiger partial charge in [-0.3, -0.25) is 10.4 Å². The summed E-state index contributed by atoms with van der Waals surface area (Å²) in [5, 5.41) is 16.5. The van der Waals surface area contributed by atoms with Gasteiger partial charge in [0, 0.05) is 25.9 Å². The van der Waals surface area contributed by atoms with Crippen molar-refractivity contribution in [3.63, 3.8) is 0 Å². The Morgan fingerprint density at radius 3 is 2.81 bits per heavy atom. The molecule has 0 fully saturated rings. The molecule has 1 aromatic carbocycles. The van der Waals surface area contributed by atoms with Gasteiger partial charge in [0.15, 0.2) is 5.82 Å². The third-order valence-electron chi connectivity index (χ3n) is 3.94. The Labute approximate surface area is 155 Å². The fourth-order valence-corrected chi connectivity index (χ4v) is 2.68. The maximum absolute atomic E-state index is 13.1. The van der Waals surface area contributed by atoms with E-state index in [9.17, 15) is 9.18 Å². The number of rotatable bonds is 7. The molecule has 1 unspecified atom stereocenters. The number of amides is 2. The minimum atomic E-state index is -0.445. The molecule has 0 aliphatic heterocycles. The predicted molar refractivity (Wildman–Crippen MR) is 101 cm³/mol. The Morgan fingerprint density at radius 2 is 2.11 bits per heavy atom. The van der Waals surface area contributed by atoms with Crippen molar-refractivity contribution in [2.24, 2.45) is 0 Å². The van der Waals surface area contributed by atoms with Crippen molar-refractivity contribution in [1.29, 1.82) is 0 Å². The Hall–Kier alpha value is -3.20. The quantitative estimate of drug-likeness (QED) is 0.510. The molecule has 0 saturated heterocycles. The van der Waals surface area contributed by atoms with Crippen LogP contribution in [0.1, 0.15) is 18.5 Å². The molecule has 9 heteroatoms. The molecule has 3 rings (SSSR count). The number of benzene rings is 1. The smallest absolute Gasteiger partial charge is 0.320 e. The van der Waals surface area contributed by atoms with Gasteiger partial charge in [-0.05, 0) is 24.6 Å². The van der Waals surface area contributed by atoms with Gasteiger partial charge in [-0.2, -0.15) is 5.10 Å². The lowest BCUT2D eigenvalue weighted by Gasteiger charge is -2.18. The van der Waals surface area contributed by atoms with Crippen LogP contribution in [0.25, 0.3) is 10.9 Å². The summed E-state index contributed by atoms with van der Waals surface area (Å²) in [6.45, 7) is 2.97. The Kier molecular flexibility index (Phi) is 5.82. The van der Waals surface area contributed by atoms with Gasteiger partial charge in [0.2, 0.25) is 0 Å². The Balaban J connectivity index is 1.69. The second-order valence-corrected chi connectivity index (χ2v) is 5.88. The number of carbonyl (C=O) groups is 1. The largest absolute Gasteiger partial charge is 0.382 e. The van der Waals surface area contributed by atoms with Crippen LogP contribution < -0.4 is 16.0 Å². The van der Waals surface area contributed by atoms with Gasteiger partial charge in [0.05, 0.1) is 23.6 Å². The number of hydrogen-bond donors (Lipinski definition) is 4. The summed E-state index contributed by atoms with van der Waals surface area (Å²) in [6.07, 6.45) is 1.64. The van der Waals surface area contributed by atoms with Gasteiger partial charge in [-0.25, -0.2) is 14.2 Å². The number of pyridine rings is 1. The zero-order valence-corrected chi connectivity index (χ0v) is 15.0. The van der Waals surface area contributed by atoms with Crippen molar-refractivity contribution in [2.75, 3.05) is 30.9 Å². The average Bonchev–Trinajstić information content (AvgIpc) is 3.04. The number of H-pyrrole nitrogens is 1.